The van der Waals surface area contributed by atoms with Crippen LogP contribution in [0.5, 0.6) is 0 Å². The van der Waals surface area contributed by atoms with E-state index in [2.05, 4.69) is 17.4 Å². The molecule has 1 atom stereocenters. The first-order valence-corrected chi connectivity index (χ1v) is 9.57. The Morgan fingerprint density at radius 3 is 2.17 bits per heavy atom. The maximum Gasteiger partial charge on any atom is 0.312 e. The highest BCUT2D eigenvalue weighted by Gasteiger charge is 2.29. The van der Waals surface area contributed by atoms with Crippen molar-refractivity contribution in [2.24, 2.45) is 11.7 Å². The minimum Gasteiger partial charge on any atom is -0.481 e. The number of amides is 2. The van der Waals surface area contributed by atoms with Gasteiger partial charge in [-0.1, -0.05) is 48.5 Å². The third-order valence-electron chi connectivity index (χ3n) is 5.16. The lowest BCUT2D eigenvalue weighted by molar-refractivity contribution is -0.152. The van der Waals surface area contributed by atoms with Crippen LogP contribution < -0.4 is 11.1 Å². The summed E-state index contributed by atoms with van der Waals surface area (Å²) >= 11 is 0. The fourth-order valence-corrected chi connectivity index (χ4v) is 3.75. The van der Waals surface area contributed by atoms with Crippen LogP contribution in [0.2, 0.25) is 0 Å². The predicted molar refractivity (Wildman–Crippen MR) is 107 cm³/mol. The molecule has 2 aromatic carbocycles. The first kappa shape index (κ1) is 20.4. The number of nitrogens with one attached hydrogen (secondary N) is 1. The van der Waals surface area contributed by atoms with Gasteiger partial charge in [0.25, 0.3) is 0 Å². The van der Waals surface area contributed by atoms with E-state index in [0.717, 1.165) is 22.3 Å². The van der Waals surface area contributed by atoms with E-state index in [1.165, 1.54) is 0 Å². The zero-order valence-corrected chi connectivity index (χ0v) is 16.0. The average molecular weight is 396 g/mol. The van der Waals surface area contributed by atoms with Gasteiger partial charge in [0.2, 0.25) is 0 Å². The summed E-state index contributed by atoms with van der Waals surface area (Å²) < 4.78 is 5.47. The maximum atomic E-state index is 12.3. The van der Waals surface area contributed by atoms with E-state index < -0.39 is 23.9 Å². The summed E-state index contributed by atoms with van der Waals surface area (Å²) in [7, 11) is 0. The van der Waals surface area contributed by atoms with Crippen molar-refractivity contribution in [3.63, 3.8) is 0 Å². The third-order valence-corrected chi connectivity index (χ3v) is 5.16. The number of carbonyl (C=O) groups is 3. The molecule has 4 N–H and O–H groups in total. The number of ether oxygens (including phenoxy) is 1. The SMILES string of the molecule is NC(=O)NCCC[C@H](CC(=O)OCC1c2ccccc2-c2ccccc21)C(=O)O. The van der Waals surface area contributed by atoms with Crippen molar-refractivity contribution in [3.05, 3.63) is 59.7 Å². The van der Waals surface area contributed by atoms with Crippen molar-refractivity contribution in [1.82, 2.24) is 5.32 Å². The van der Waals surface area contributed by atoms with Gasteiger partial charge in [0, 0.05) is 12.5 Å². The number of carbonyl (C=O) groups excluding carboxylic acids is 2. The Kier molecular flexibility index (Phi) is 6.49. The Morgan fingerprint density at radius 2 is 1.62 bits per heavy atom. The summed E-state index contributed by atoms with van der Waals surface area (Å²) in [4.78, 5) is 34.4. The molecule has 0 heterocycles. The zero-order valence-electron chi connectivity index (χ0n) is 16.0. The highest BCUT2D eigenvalue weighted by molar-refractivity contribution is 5.80. The molecule has 0 saturated carbocycles. The molecule has 29 heavy (non-hydrogen) atoms. The number of carboxylic acids is 1. The molecule has 0 aromatic heterocycles. The first-order chi connectivity index (χ1) is 14.0. The van der Waals surface area contributed by atoms with Crippen molar-refractivity contribution in [2.45, 2.75) is 25.2 Å². The minimum absolute atomic E-state index is 0.0607. The number of aliphatic carboxylic acids is 1. The van der Waals surface area contributed by atoms with Crippen LogP contribution in [-0.4, -0.2) is 36.2 Å². The molecule has 0 bridgehead atoms. The molecule has 1 aliphatic rings. The van der Waals surface area contributed by atoms with Gasteiger partial charge in [0.15, 0.2) is 0 Å². The van der Waals surface area contributed by atoms with Gasteiger partial charge in [-0.15, -0.1) is 0 Å². The Balaban J connectivity index is 1.58. The molecule has 0 spiro atoms. The third kappa shape index (κ3) is 4.93. The number of fused-ring (bicyclic) bond motifs is 3. The monoisotopic (exact) mass is 396 g/mol. The zero-order chi connectivity index (χ0) is 20.8. The van der Waals surface area contributed by atoms with Gasteiger partial charge in [-0.05, 0) is 35.1 Å². The Morgan fingerprint density at radius 1 is 1.03 bits per heavy atom. The molecule has 1 aliphatic carbocycles. The van der Waals surface area contributed by atoms with E-state index >= 15 is 0 Å². The summed E-state index contributed by atoms with van der Waals surface area (Å²) in [6, 6.07) is 15.4. The fourth-order valence-electron chi connectivity index (χ4n) is 3.75. The summed E-state index contributed by atoms with van der Waals surface area (Å²) in [6.07, 6.45) is 0.457. The second kappa shape index (κ2) is 9.23. The van der Waals surface area contributed by atoms with Crippen LogP contribution in [0.15, 0.2) is 48.5 Å². The molecule has 7 nitrogen and oxygen atoms in total. The highest BCUT2D eigenvalue weighted by atomic mass is 16.5. The standard InChI is InChI=1S/C22H24N2O5/c23-22(28)24-11-5-6-14(21(26)27)12-20(25)29-13-19-17-9-3-1-7-15(17)16-8-2-4-10-18(16)19/h1-4,7-10,14,19H,5-6,11-13H2,(H,26,27)(H3,23,24,28)/t14-/m1/s1. The average Bonchev–Trinajstić information content (AvgIpc) is 3.02. The topological polar surface area (TPSA) is 119 Å². The van der Waals surface area contributed by atoms with Gasteiger partial charge in [-0.3, -0.25) is 9.59 Å². The molecular formula is C22H24N2O5. The van der Waals surface area contributed by atoms with E-state index in [1.54, 1.807) is 0 Å². The molecule has 2 aromatic rings. The number of primary amides is 1. The van der Waals surface area contributed by atoms with Crippen LogP contribution in [0, 0.1) is 5.92 Å². The van der Waals surface area contributed by atoms with Gasteiger partial charge >= 0.3 is 18.0 Å². The summed E-state index contributed by atoms with van der Waals surface area (Å²) in [6.45, 7) is 0.437. The molecule has 3 rings (SSSR count). The summed E-state index contributed by atoms with van der Waals surface area (Å²) in [5.74, 6) is -2.52. The van der Waals surface area contributed by atoms with Gasteiger partial charge in [-0.25, -0.2) is 4.79 Å². The molecule has 152 valence electrons. The quantitative estimate of drug-likeness (QED) is 0.445. The van der Waals surface area contributed by atoms with E-state index in [9.17, 15) is 19.5 Å². The molecule has 0 unspecified atom stereocenters. The van der Waals surface area contributed by atoms with Gasteiger partial charge in [0.05, 0.1) is 12.3 Å². The van der Waals surface area contributed by atoms with Crippen LogP contribution in [0.4, 0.5) is 4.79 Å². The van der Waals surface area contributed by atoms with Crippen LogP contribution in [0.25, 0.3) is 11.1 Å². The highest BCUT2D eigenvalue weighted by Crippen LogP contribution is 2.44. The molecule has 0 saturated heterocycles. The van der Waals surface area contributed by atoms with E-state index in [0.29, 0.717) is 6.42 Å². The minimum atomic E-state index is -1.06. The van der Waals surface area contributed by atoms with E-state index in [1.807, 2.05) is 36.4 Å². The molecule has 2 amide bonds. The van der Waals surface area contributed by atoms with Crippen molar-refractivity contribution >= 4 is 18.0 Å². The fraction of sp³-hybridized carbons (Fsp3) is 0.318. The van der Waals surface area contributed by atoms with E-state index in [-0.39, 0.29) is 31.9 Å². The Bertz CT molecular complexity index is 866. The number of esters is 1. The molecule has 0 fully saturated rings. The van der Waals surface area contributed by atoms with Crippen molar-refractivity contribution in [1.29, 1.82) is 0 Å². The van der Waals surface area contributed by atoms with Gasteiger partial charge in [0.1, 0.15) is 6.61 Å². The normalized spacial score (nSPS) is 13.2. The van der Waals surface area contributed by atoms with E-state index in [4.69, 9.17) is 10.5 Å². The van der Waals surface area contributed by atoms with Crippen molar-refractivity contribution in [2.75, 3.05) is 13.2 Å². The number of nitrogens with two attached hydrogens (primary N) is 1. The predicted octanol–water partition coefficient (Wildman–Crippen LogP) is 2.88. The van der Waals surface area contributed by atoms with Crippen molar-refractivity contribution < 1.29 is 24.2 Å². The molecular weight excluding hydrogens is 372 g/mol. The molecule has 0 radical (unpaired) electrons. The second-order valence-corrected chi connectivity index (χ2v) is 7.08. The number of urea groups is 1. The van der Waals surface area contributed by atoms with Crippen LogP contribution in [-0.2, 0) is 14.3 Å². The summed E-state index contributed by atoms with van der Waals surface area (Å²) in [5, 5.41) is 11.8. The number of hydrogen-bond donors (Lipinski definition) is 3. The lowest BCUT2D eigenvalue weighted by Gasteiger charge is -2.16. The van der Waals surface area contributed by atoms with Gasteiger partial charge < -0.3 is 20.9 Å². The number of hydrogen-bond acceptors (Lipinski definition) is 4. The lowest BCUT2D eigenvalue weighted by atomic mass is 9.97. The summed E-state index contributed by atoms with van der Waals surface area (Å²) in [5.41, 5.74) is 9.45. The maximum absolute atomic E-state index is 12.3. The Labute approximate surface area is 168 Å². The molecule has 0 aliphatic heterocycles. The van der Waals surface area contributed by atoms with Crippen LogP contribution in [0.3, 0.4) is 0 Å². The number of rotatable bonds is 9. The number of benzene rings is 2. The van der Waals surface area contributed by atoms with Gasteiger partial charge in [-0.2, -0.15) is 0 Å². The number of carboxylic acid groups (broad SMARTS) is 1. The Hall–Kier alpha value is -3.35. The second-order valence-electron chi connectivity index (χ2n) is 7.08. The lowest BCUT2D eigenvalue weighted by Crippen LogP contribution is -2.30. The molecule has 7 heteroatoms. The first-order valence-electron chi connectivity index (χ1n) is 9.57. The van der Waals surface area contributed by atoms with Crippen LogP contribution >= 0.6 is 0 Å². The largest absolute Gasteiger partial charge is 0.481 e. The smallest absolute Gasteiger partial charge is 0.312 e. The van der Waals surface area contributed by atoms with Crippen LogP contribution in [0.1, 0.15) is 36.3 Å². The van der Waals surface area contributed by atoms with Crippen molar-refractivity contribution in [3.8, 4) is 11.1 Å².